The average Bonchev–Trinajstić information content (AvgIpc) is 2.79. The van der Waals surface area contributed by atoms with E-state index >= 15 is 0 Å². The second-order valence-electron chi connectivity index (χ2n) is 9.30. The lowest BCUT2D eigenvalue weighted by atomic mass is 10.00. The normalized spacial score (nSPS) is 13.4. The van der Waals surface area contributed by atoms with Gasteiger partial charge in [-0.05, 0) is 43.2 Å². The van der Waals surface area contributed by atoms with Gasteiger partial charge in [0.1, 0.15) is 12.1 Å². The zero-order chi connectivity index (χ0) is 27.4. The van der Waals surface area contributed by atoms with Crippen LogP contribution in [0.5, 0.6) is 0 Å². The van der Waals surface area contributed by atoms with Crippen LogP contribution in [0.25, 0.3) is 0 Å². The monoisotopic (exact) mass is 506 g/mol. The van der Waals surface area contributed by atoms with E-state index in [1.807, 2.05) is 13.8 Å². The molecule has 0 heterocycles. The Morgan fingerprint density at radius 3 is 2.08 bits per heavy atom. The molecule has 3 amide bonds. The summed E-state index contributed by atoms with van der Waals surface area (Å²) in [5.41, 5.74) is 11.4. The van der Waals surface area contributed by atoms with Crippen LogP contribution in [-0.4, -0.2) is 53.3 Å². The van der Waals surface area contributed by atoms with E-state index in [0.717, 1.165) is 0 Å². The number of hydrogen-bond acceptors (Lipinski definition) is 7. The third kappa shape index (κ3) is 10.7. The summed E-state index contributed by atoms with van der Waals surface area (Å²) in [6, 6.07) is 2.63. The number of hydrogen-bond donors (Lipinski definition) is 7. The third-order valence-corrected chi connectivity index (χ3v) is 5.32. The molecule has 36 heavy (non-hydrogen) atoms. The van der Waals surface area contributed by atoms with E-state index < -0.39 is 40.8 Å². The lowest BCUT2D eigenvalue weighted by Gasteiger charge is -2.26. The van der Waals surface area contributed by atoms with Gasteiger partial charge in [-0.2, -0.15) is 0 Å². The Kier molecular flexibility index (Phi) is 12.3. The van der Waals surface area contributed by atoms with Crippen molar-refractivity contribution in [3.05, 3.63) is 34.4 Å². The smallest absolute Gasteiger partial charge is 0.269 e. The molecule has 0 radical (unpaired) electrons. The predicted molar refractivity (Wildman–Crippen MR) is 137 cm³/mol. The number of guanidine groups is 1. The van der Waals surface area contributed by atoms with Crippen LogP contribution in [0.4, 0.5) is 11.4 Å². The van der Waals surface area contributed by atoms with Crippen molar-refractivity contribution < 1.29 is 19.3 Å². The first-order valence-corrected chi connectivity index (χ1v) is 11.8. The number of carbonyl (C=O) groups is 3. The van der Waals surface area contributed by atoms with Crippen molar-refractivity contribution in [2.45, 2.75) is 65.1 Å². The highest BCUT2D eigenvalue weighted by Crippen LogP contribution is 2.16. The van der Waals surface area contributed by atoms with Gasteiger partial charge in [0.2, 0.25) is 17.7 Å². The Balaban J connectivity index is 3.01. The van der Waals surface area contributed by atoms with E-state index in [1.165, 1.54) is 24.3 Å². The van der Waals surface area contributed by atoms with Crippen LogP contribution in [0.2, 0.25) is 0 Å². The standard InChI is InChI=1S/C23H38N8O5/c1-13(2)12-18(30-22(34)19(24)14(3)4)21(33)29-17(6-5-11-27-23(25)26)20(32)28-15-7-9-16(10-8-15)31(35)36/h7-10,13-14,17-19H,5-6,11-12,24H2,1-4H3,(H,28,32)(H,29,33)(H,30,34)(H4,25,26,27)/t17-,18-,19+/m0/s1. The fraction of sp³-hybridized carbons (Fsp3) is 0.565. The molecule has 0 bridgehead atoms. The molecule has 9 N–H and O–H groups in total. The second kappa shape index (κ2) is 14.6. The SMILES string of the molecule is CC(C)C[C@H](NC(=O)[C@H](N)C(C)C)C(=O)N[C@@H](CCCNC(=N)N)C(=O)Nc1ccc([N+](=O)[O-])cc1. The van der Waals surface area contributed by atoms with Crippen LogP contribution in [0.1, 0.15) is 47.0 Å². The van der Waals surface area contributed by atoms with Gasteiger partial charge in [0.05, 0.1) is 11.0 Å². The van der Waals surface area contributed by atoms with Crippen LogP contribution >= 0.6 is 0 Å². The number of nitro groups is 1. The lowest BCUT2D eigenvalue weighted by molar-refractivity contribution is -0.384. The van der Waals surface area contributed by atoms with Gasteiger partial charge in [-0.25, -0.2) is 0 Å². The number of nitrogens with two attached hydrogens (primary N) is 2. The van der Waals surface area contributed by atoms with Gasteiger partial charge in [-0.15, -0.1) is 0 Å². The highest BCUT2D eigenvalue weighted by molar-refractivity contribution is 5.98. The number of anilines is 1. The Morgan fingerprint density at radius 1 is 1.00 bits per heavy atom. The summed E-state index contributed by atoms with van der Waals surface area (Å²) >= 11 is 0. The van der Waals surface area contributed by atoms with Crippen molar-refractivity contribution in [3.8, 4) is 0 Å². The van der Waals surface area contributed by atoms with Crippen molar-refractivity contribution in [2.24, 2.45) is 23.3 Å². The van der Waals surface area contributed by atoms with Crippen molar-refractivity contribution in [3.63, 3.8) is 0 Å². The fourth-order valence-corrected chi connectivity index (χ4v) is 3.24. The zero-order valence-electron chi connectivity index (χ0n) is 21.2. The molecule has 200 valence electrons. The molecular weight excluding hydrogens is 468 g/mol. The minimum absolute atomic E-state index is 0.0727. The number of rotatable bonds is 14. The van der Waals surface area contributed by atoms with Crippen molar-refractivity contribution in [1.29, 1.82) is 5.41 Å². The van der Waals surface area contributed by atoms with E-state index in [2.05, 4.69) is 21.3 Å². The minimum Gasteiger partial charge on any atom is -0.370 e. The Hall–Kier alpha value is -3.74. The number of amides is 3. The minimum atomic E-state index is -0.980. The van der Waals surface area contributed by atoms with Crippen LogP contribution in [0.3, 0.4) is 0 Å². The fourth-order valence-electron chi connectivity index (χ4n) is 3.24. The summed E-state index contributed by atoms with van der Waals surface area (Å²) in [6.07, 6.45) is 0.946. The number of carbonyl (C=O) groups excluding carboxylic acids is 3. The maximum Gasteiger partial charge on any atom is 0.269 e. The molecule has 0 aliphatic heterocycles. The van der Waals surface area contributed by atoms with E-state index in [9.17, 15) is 24.5 Å². The number of non-ortho nitro benzene ring substituents is 1. The van der Waals surface area contributed by atoms with Gasteiger partial charge >= 0.3 is 0 Å². The molecule has 0 spiro atoms. The Bertz CT molecular complexity index is 920. The summed E-state index contributed by atoms with van der Waals surface area (Å²) < 4.78 is 0. The molecule has 13 nitrogen and oxygen atoms in total. The molecule has 0 saturated carbocycles. The first kappa shape index (κ1) is 30.3. The van der Waals surface area contributed by atoms with E-state index in [1.54, 1.807) is 13.8 Å². The van der Waals surface area contributed by atoms with Crippen molar-refractivity contribution in [1.82, 2.24) is 16.0 Å². The molecule has 1 aromatic rings. The first-order chi connectivity index (χ1) is 16.8. The summed E-state index contributed by atoms with van der Waals surface area (Å²) in [5.74, 6) is -1.79. The van der Waals surface area contributed by atoms with E-state index in [4.69, 9.17) is 16.9 Å². The topological polar surface area (TPSA) is 218 Å². The van der Waals surface area contributed by atoms with Crippen LogP contribution in [0.15, 0.2) is 24.3 Å². The van der Waals surface area contributed by atoms with Gasteiger partial charge in [-0.3, -0.25) is 29.9 Å². The second-order valence-corrected chi connectivity index (χ2v) is 9.30. The summed E-state index contributed by atoms with van der Waals surface area (Å²) in [4.78, 5) is 49.0. The summed E-state index contributed by atoms with van der Waals surface area (Å²) in [6.45, 7) is 7.72. The lowest BCUT2D eigenvalue weighted by Crippen LogP contribution is -2.56. The predicted octanol–water partition coefficient (Wildman–Crippen LogP) is 0.796. The Morgan fingerprint density at radius 2 is 1.58 bits per heavy atom. The molecule has 0 unspecified atom stereocenters. The molecule has 1 aromatic carbocycles. The summed E-state index contributed by atoms with van der Waals surface area (Å²) in [7, 11) is 0. The number of nitro benzene ring substituents is 1. The molecule has 0 saturated heterocycles. The average molecular weight is 507 g/mol. The van der Waals surface area contributed by atoms with Crippen molar-refractivity contribution >= 4 is 35.1 Å². The first-order valence-electron chi connectivity index (χ1n) is 11.8. The number of benzene rings is 1. The number of nitrogens with zero attached hydrogens (tertiary/aromatic N) is 1. The highest BCUT2D eigenvalue weighted by atomic mass is 16.6. The van der Waals surface area contributed by atoms with Gasteiger partial charge in [0, 0.05) is 24.4 Å². The maximum atomic E-state index is 13.1. The van der Waals surface area contributed by atoms with Crippen molar-refractivity contribution in [2.75, 3.05) is 11.9 Å². The van der Waals surface area contributed by atoms with E-state index in [0.29, 0.717) is 25.1 Å². The molecule has 0 aromatic heterocycles. The number of nitrogens with one attached hydrogen (secondary N) is 5. The maximum absolute atomic E-state index is 13.1. The van der Waals surface area contributed by atoms with Gasteiger partial charge in [0.15, 0.2) is 5.96 Å². The molecular formula is C23H38N8O5. The Labute approximate surface area is 210 Å². The molecule has 0 fully saturated rings. The molecule has 13 heteroatoms. The van der Waals surface area contributed by atoms with Gasteiger partial charge in [-0.1, -0.05) is 27.7 Å². The zero-order valence-corrected chi connectivity index (χ0v) is 21.2. The van der Waals surface area contributed by atoms with Crippen LogP contribution < -0.4 is 32.7 Å². The quantitative estimate of drug-likeness (QED) is 0.0627. The highest BCUT2D eigenvalue weighted by Gasteiger charge is 2.29. The molecule has 1 rings (SSSR count). The molecule has 0 aliphatic carbocycles. The molecule has 3 atom stereocenters. The van der Waals surface area contributed by atoms with Gasteiger partial charge < -0.3 is 32.7 Å². The summed E-state index contributed by atoms with van der Waals surface area (Å²) in [5, 5.41) is 28.8. The molecule has 0 aliphatic rings. The van der Waals surface area contributed by atoms with E-state index in [-0.39, 0.29) is 29.9 Å². The van der Waals surface area contributed by atoms with Crippen LogP contribution in [-0.2, 0) is 14.4 Å². The van der Waals surface area contributed by atoms with Gasteiger partial charge in [0.25, 0.3) is 5.69 Å². The largest absolute Gasteiger partial charge is 0.370 e. The third-order valence-electron chi connectivity index (χ3n) is 5.32. The van der Waals surface area contributed by atoms with Crippen LogP contribution in [0, 0.1) is 27.4 Å².